The Kier molecular flexibility index (Phi) is 5.16. The predicted molar refractivity (Wildman–Crippen MR) is 69.8 cm³/mol. The lowest BCUT2D eigenvalue weighted by molar-refractivity contribution is -0.141. The molecule has 0 aromatic heterocycles. The smallest absolute Gasteiger partial charge is 0.306 e. The van der Waals surface area contributed by atoms with E-state index in [0.717, 1.165) is 12.8 Å². The topological polar surface area (TPSA) is 86.5 Å². The van der Waals surface area contributed by atoms with Crippen molar-refractivity contribution in [2.24, 2.45) is 11.1 Å². The van der Waals surface area contributed by atoms with Crippen molar-refractivity contribution in [2.45, 2.75) is 45.1 Å². The van der Waals surface area contributed by atoms with Crippen LogP contribution in [0.3, 0.4) is 0 Å². The summed E-state index contributed by atoms with van der Waals surface area (Å²) in [7, 11) is -1.76. The molecule has 6 heteroatoms. The van der Waals surface area contributed by atoms with Gasteiger partial charge in [0.1, 0.15) is 0 Å². The van der Waals surface area contributed by atoms with Crippen LogP contribution in [0.1, 0.15) is 39.0 Å². The highest BCUT2D eigenvalue weighted by molar-refractivity contribution is 7.91. The SMILES string of the molecule is COC(=O)CC1(CS(=O)(=O)CCCC(C)N)CC1. The summed E-state index contributed by atoms with van der Waals surface area (Å²) in [6.07, 6.45) is 3.12. The maximum absolute atomic E-state index is 11.9. The zero-order valence-corrected chi connectivity index (χ0v) is 12.0. The van der Waals surface area contributed by atoms with Gasteiger partial charge in [0.15, 0.2) is 9.84 Å². The number of carbonyl (C=O) groups excluding carboxylic acids is 1. The van der Waals surface area contributed by atoms with Crippen LogP contribution < -0.4 is 5.73 Å². The lowest BCUT2D eigenvalue weighted by atomic mass is 10.1. The van der Waals surface area contributed by atoms with Crippen molar-refractivity contribution in [3.05, 3.63) is 0 Å². The maximum Gasteiger partial charge on any atom is 0.306 e. The molecule has 1 unspecified atom stereocenters. The number of sulfone groups is 1. The Balaban J connectivity index is 2.43. The fraction of sp³-hybridized carbons (Fsp3) is 0.917. The molecule has 1 aliphatic carbocycles. The molecule has 0 spiro atoms. The number of ether oxygens (including phenoxy) is 1. The molecule has 5 nitrogen and oxygen atoms in total. The second-order valence-electron chi connectivity index (χ2n) is 5.46. The molecule has 0 saturated heterocycles. The molecule has 0 aliphatic heterocycles. The van der Waals surface area contributed by atoms with Crippen LogP contribution in [-0.4, -0.2) is 39.0 Å². The summed E-state index contributed by atoms with van der Waals surface area (Å²) >= 11 is 0. The largest absolute Gasteiger partial charge is 0.469 e. The first-order chi connectivity index (χ1) is 8.29. The quantitative estimate of drug-likeness (QED) is 0.665. The Hall–Kier alpha value is -0.620. The van der Waals surface area contributed by atoms with Crippen molar-refractivity contribution >= 4 is 15.8 Å². The Morgan fingerprint density at radius 1 is 1.44 bits per heavy atom. The standard InChI is InChI=1S/C12H23NO4S/c1-10(13)4-3-7-18(15,16)9-12(5-6-12)8-11(14)17-2/h10H,3-9,13H2,1-2H3. The van der Waals surface area contributed by atoms with Crippen molar-refractivity contribution < 1.29 is 17.9 Å². The molecule has 0 heterocycles. The van der Waals surface area contributed by atoms with Crippen LogP contribution in [0, 0.1) is 5.41 Å². The number of esters is 1. The maximum atomic E-state index is 11.9. The molecule has 1 rings (SSSR count). The van der Waals surface area contributed by atoms with Crippen molar-refractivity contribution in [2.75, 3.05) is 18.6 Å². The molecule has 0 aromatic carbocycles. The van der Waals surface area contributed by atoms with E-state index in [4.69, 9.17) is 5.73 Å². The molecule has 18 heavy (non-hydrogen) atoms. The average molecular weight is 277 g/mol. The van der Waals surface area contributed by atoms with Crippen molar-refractivity contribution in [1.82, 2.24) is 0 Å². The van der Waals surface area contributed by atoms with Gasteiger partial charge in [-0.15, -0.1) is 0 Å². The van der Waals surface area contributed by atoms with Gasteiger partial charge in [-0.1, -0.05) is 0 Å². The zero-order chi connectivity index (χ0) is 13.8. The third kappa shape index (κ3) is 5.35. The Morgan fingerprint density at radius 3 is 2.50 bits per heavy atom. The van der Waals surface area contributed by atoms with Gasteiger partial charge in [0.2, 0.25) is 0 Å². The highest BCUT2D eigenvalue weighted by atomic mass is 32.2. The molecule has 1 saturated carbocycles. The first-order valence-electron chi connectivity index (χ1n) is 6.31. The third-order valence-electron chi connectivity index (χ3n) is 3.35. The van der Waals surface area contributed by atoms with Gasteiger partial charge in [-0.25, -0.2) is 8.42 Å². The van der Waals surface area contributed by atoms with Crippen LogP contribution in [0.15, 0.2) is 0 Å². The molecule has 0 radical (unpaired) electrons. The van der Waals surface area contributed by atoms with Gasteiger partial charge in [-0.2, -0.15) is 0 Å². The van der Waals surface area contributed by atoms with Gasteiger partial charge in [-0.05, 0) is 38.0 Å². The van der Waals surface area contributed by atoms with Crippen molar-refractivity contribution in [3.8, 4) is 0 Å². The van der Waals surface area contributed by atoms with Crippen LogP contribution in [0.25, 0.3) is 0 Å². The molecule has 0 bridgehead atoms. The minimum Gasteiger partial charge on any atom is -0.469 e. The average Bonchev–Trinajstić information content (AvgIpc) is 2.95. The summed E-state index contributed by atoms with van der Waals surface area (Å²) in [5.74, 6) is -0.0517. The van der Waals surface area contributed by atoms with E-state index in [9.17, 15) is 13.2 Å². The highest BCUT2D eigenvalue weighted by Gasteiger charge is 2.47. The van der Waals surface area contributed by atoms with Gasteiger partial charge >= 0.3 is 5.97 Å². The molecule has 0 amide bonds. The van der Waals surface area contributed by atoms with Crippen LogP contribution >= 0.6 is 0 Å². The summed E-state index contributed by atoms with van der Waals surface area (Å²) in [4.78, 5) is 11.2. The summed E-state index contributed by atoms with van der Waals surface area (Å²) < 4.78 is 28.5. The Morgan fingerprint density at radius 2 is 2.06 bits per heavy atom. The first kappa shape index (κ1) is 15.4. The van der Waals surface area contributed by atoms with Gasteiger partial charge < -0.3 is 10.5 Å². The number of hydrogen-bond donors (Lipinski definition) is 1. The van der Waals surface area contributed by atoms with E-state index in [1.807, 2.05) is 6.92 Å². The first-order valence-corrected chi connectivity index (χ1v) is 8.14. The summed E-state index contributed by atoms with van der Waals surface area (Å²) in [6, 6.07) is 0.0326. The Bertz CT molecular complexity index is 385. The van der Waals surface area contributed by atoms with Crippen molar-refractivity contribution in [3.63, 3.8) is 0 Å². The molecule has 1 aliphatic rings. The van der Waals surface area contributed by atoms with Gasteiger partial charge in [0.05, 0.1) is 25.0 Å². The highest BCUT2D eigenvalue weighted by Crippen LogP contribution is 2.50. The fourth-order valence-electron chi connectivity index (χ4n) is 2.09. The molecule has 0 aromatic rings. The fourth-order valence-corrected chi connectivity index (χ4v) is 4.17. The third-order valence-corrected chi connectivity index (χ3v) is 5.31. The summed E-state index contributed by atoms with van der Waals surface area (Å²) in [5, 5.41) is 0. The van der Waals surface area contributed by atoms with E-state index in [2.05, 4.69) is 4.74 Å². The molecule has 106 valence electrons. The van der Waals surface area contributed by atoms with Crippen LogP contribution in [0.2, 0.25) is 0 Å². The second-order valence-corrected chi connectivity index (χ2v) is 7.65. The lowest BCUT2D eigenvalue weighted by Gasteiger charge is -2.14. The lowest BCUT2D eigenvalue weighted by Crippen LogP contribution is -2.24. The van der Waals surface area contributed by atoms with Crippen LogP contribution in [-0.2, 0) is 19.4 Å². The molecular weight excluding hydrogens is 254 g/mol. The van der Waals surface area contributed by atoms with E-state index in [1.54, 1.807) is 0 Å². The Labute approximate surface area is 109 Å². The number of methoxy groups -OCH3 is 1. The summed E-state index contributed by atoms with van der Waals surface area (Å²) in [5.41, 5.74) is 5.24. The predicted octanol–water partition coefficient (Wildman–Crippen LogP) is 0.872. The van der Waals surface area contributed by atoms with E-state index < -0.39 is 9.84 Å². The zero-order valence-electron chi connectivity index (χ0n) is 11.1. The minimum atomic E-state index is -3.09. The van der Waals surface area contributed by atoms with Crippen molar-refractivity contribution in [1.29, 1.82) is 0 Å². The van der Waals surface area contributed by atoms with E-state index in [1.165, 1.54) is 7.11 Å². The molecule has 2 N–H and O–H groups in total. The van der Waals surface area contributed by atoms with E-state index in [0.29, 0.717) is 12.8 Å². The normalized spacial score (nSPS) is 19.3. The number of rotatable bonds is 8. The van der Waals surface area contributed by atoms with Gasteiger partial charge in [0, 0.05) is 6.04 Å². The molecule has 1 atom stereocenters. The molecular formula is C12H23NO4S. The number of hydrogen-bond acceptors (Lipinski definition) is 5. The van der Waals surface area contributed by atoms with Gasteiger partial charge in [-0.3, -0.25) is 4.79 Å². The van der Waals surface area contributed by atoms with Gasteiger partial charge in [0.25, 0.3) is 0 Å². The number of nitrogens with two attached hydrogens (primary N) is 1. The van der Waals surface area contributed by atoms with E-state index in [-0.39, 0.29) is 35.4 Å². The van der Waals surface area contributed by atoms with E-state index >= 15 is 0 Å². The number of carbonyl (C=O) groups is 1. The second kappa shape index (κ2) is 6.02. The molecule has 1 fully saturated rings. The summed E-state index contributed by atoms with van der Waals surface area (Å²) in [6.45, 7) is 1.87. The monoisotopic (exact) mass is 277 g/mol. The van der Waals surface area contributed by atoms with Crippen LogP contribution in [0.4, 0.5) is 0 Å². The minimum absolute atomic E-state index is 0.0326. The van der Waals surface area contributed by atoms with Crippen LogP contribution in [0.5, 0.6) is 0 Å².